The minimum atomic E-state index is -2.41. The third-order valence-electron chi connectivity index (χ3n) is 3.82. The Hall–Kier alpha value is -1.77. The molecule has 0 aliphatic carbocycles. The molecular formula is C21H30O3Si2. The minimum absolute atomic E-state index is 0.792. The van der Waals surface area contributed by atoms with Gasteiger partial charge in [0.15, 0.2) is 0 Å². The molecule has 0 aliphatic heterocycles. The summed E-state index contributed by atoms with van der Waals surface area (Å²) < 4.78 is 16.0. The average molecular weight is 387 g/mol. The van der Waals surface area contributed by atoms with Gasteiger partial charge in [-0.05, 0) is 17.5 Å². The van der Waals surface area contributed by atoms with Crippen molar-refractivity contribution in [2.45, 2.75) is 12.5 Å². The van der Waals surface area contributed by atoms with E-state index in [9.17, 15) is 0 Å². The fraction of sp³-hybridized carbons (Fsp3) is 0.238. The lowest BCUT2D eigenvalue weighted by Crippen LogP contribution is -2.42. The Labute approximate surface area is 162 Å². The molecular weight excluding hydrogens is 356 g/mol. The largest absolute Gasteiger partial charge is 0.500 e. The number of benzene rings is 2. The van der Waals surface area contributed by atoms with Crippen LogP contribution >= 0.6 is 0 Å². The summed E-state index contributed by atoms with van der Waals surface area (Å²) in [6.45, 7) is 0. The lowest BCUT2D eigenvalue weighted by atomic mass is 10.2. The Balaban J connectivity index is 0.000000314. The van der Waals surface area contributed by atoms with E-state index in [2.05, 4.69) is 60.3 Å². The molecule has 0 saturated carbocycles. The van der Waals surface area contributed by atoms with Crippen molar-refractivity contribution >= 4 is 31.2 Å². The van der Waals surface area contributed by atoms with E-state index in [1.807, 2.05) is 24.3 Å². The molecule has 0 spiro atoms. The number of hydrogen-bond donors (Lipinski definition) is 0. The van der Waals surface area contributed by atoms with E-state index in [4.69, 9.17) is 13.3 Å². The van der Waals surface area contributed by atoms with Crippen LogP contribution in [0.25, 0.3) is 12.2 Å². The number of hydrogen-bond acceptors (Lipinski definition) is 3. The molecule has 0 saturated heterocycles. The summed E-state index contributed by atoms with van der Waals surface area (Å²) in [5.74, 6) is 0. The zero-order valence-corrected chi connectivity index (χ0v) is 19.2. The topological polar surface area (TPSA) is 27.7 Å². The summed E-state index contributed by atoms with van der Waals surface area (Å²) >= 11 is 0. The van der Waals surface area contributed by atoms with Gasteiger partial charge < -0.3 is 13.3 Å². The molecule has 2 aromatic carbocycles. The van der Waals surface area contributed by atoms with Gasteiger partial charge in [0.2, 0.25) is 0 Å². The molecule has 26 heavy (non-hydrogen) atoms. The SMILES string of the molecule is CO[Si](CCC=Cc1ccccc1)(OC)OC.[SiH3]C=Cc1ccccc1. The van der Waals surface area contributed by atoms with Gasteiger partial charge in [-0.15, -0.1) is 5.70 Å². The van der Waals surface area contributed by atoms with Crippen LogP contribution in [0.1, 0.15) is 17.5 Å². The predicted octanol–water partition coefficient (Wildman–Crippen LogP) is 3.99. The van der Waals surface area contributed by atoms with Crippen LogP contribution in [0.5, 0.6) is 0 Å². The van der Waals surface area contributed by atoms with Gasteiger partial charge >= 0.3 is 8.80 Å². The Kier molecular flexibility index (Phi) is 11.5. The summed E-state index contributed by atoms with van der Waals surface area (Å²) in [4.78, 5) is 0. The maximum absolute atomic E-state index is 5.35. The third kappa shape index (κ3) is 8.55. The van der Waals surface area contributed by atoms with Crippen molar-refractivity contribution in [1.82, 2.24) is 0 Å². The van der Waals surface area contributed by atoms with Crippen LogP contribution in [0.2, 0.25) is 6.04 Å². The van der Waals surface area contributed by atoms with E-state index in [-0.39, 0.29) is 0 Å². The fourth-order valence-electron chi connectivity index (χ4n) is 2.36. The molecule has 0 fully saturated rings. The van der Waals surface area contributed by atoms with Crippen molar-refractivity contribution in [3.05, 3.63) is 83.6 Å². The van der Waals surface area contributed by atoms with Crippen LogP contribution in [-0.2, 0) is 13.3 Å². The Bertz CT molecular complexity index is 631. The van der Waals surface area contributed by atoms with Crippen LogP contribution in [0, 0.1) is 0 Å². The molecule has 0 N–H and O–H groups in total. The standard InChI is InChI=1S/C13H20O3Si.C8H10Si/c1-14-17(15-2,16-3)12-8-7-11-13-9-5-4-6-10-13;9-7-6-8-4-2-1-3-5-8/h4-7,9-11H,8,12H2,1-3H3;1-7H,9H3. The average Bonchev–Trinajstić information content (AvgIpc) is 2.71. The van der Waals surface area contributed by atoms with Gasteiger partial charge in [0, 0.05) is 37.6 Å². The molecule has 3 nitrogen and oxygen atoms in total. The third-order valence-corrected chi connectivity index (χ3v) is 6.92. The highest BCUT2D eigenvalue weighted by molar-refractivity contribution is 6.60. The Morgan fingerprint density at radius 1 is 0.769 bits per heavy atom. The first kappa shape index (κ1) is 22.3. The summed E-state index contributed by atoms with van der Waals surface area (Å²) in [5.41, 5.74) is 4.68. The van der Waals surface area contributed by atoms with Gasteiger partial charge in [-0.2, -0.15) is 0 Å². The van der Waals surface area contributed by atoms with E-state index in [1.165, 1.54) is 11.1 Å². The minimum Gasteiger partial charge on any atom is -0.377 e. The second kappa shape index (κ2) is 13.4. The number of allylic oxidation sites excluding steroid dienone is 1. The molecule has 0 heterocycles. The van der Waals surface area contributed by atoms with E-state index in [0.29, 0.717) is 0 Å². The smallest absolute Gasteiger partial charge is 0.377 e. The normalized spacial score (nSPS) is 11.7. The number of rotatable bonds is 8. The highest BCUT2D eigenvalue weighted by Gasteiger charge is 2.36. The van der Waals surface area contributed by atoms with Crippen molar-refractivity contribution in [1.29, 1.82) is 0 Å². The molecule has 0 aromatic heterocycles. The molecule has 2 aromatic rings. The van der Waals surface area contributed by atoms with Gasteiger partial charge in [0.1, 0.15) is 0 Å². The lowest BCUT2D eigenvalue weighted by Gasteiger charge is -2.23. The van der Waals surface area contributed by atoms with Crippen LogP contribution in [0.15, 0.2) is 72.4 Å². The second-order valence-electron chi connectivity index (χ2n) is 5.56. The highest BCUT2D eigenvalue weighted by atomic mass is 28.4. The first-order valence-corrected chi connectivity index (χ1v) is 11.8. The molecule has 0 radical (unpaired) electrons. The van der Waals surface area contributed by atoms with Gasteiger partial charge in [-0.25, -0.2) is 0 Å². The summed E-state index contributed by atoms with van der Waals surface area (Å²) in [5, 5.41) is 0. The first-order valence-electron chi connectivity index (χ1n) is 8.74. The van der Waals surface area contributed by atoms with Crippen molar-refractivity contribution < 1.29 is 13.3 Å². The molecule has 2 rings (SSSR count). The second-order valence-corrected chi connectivity index (χ2v) is 9.32. The highest BCUT2D eigenvalue weighted by Crippen LogP contribution is 2.15. The van der Waals surface area contributed by atoms with Crippen LogP contribution in [-0.4, -0.2) is 40.4 Å². The maximum atomic E-state index is 5.35. The summed E-state index contributed by atoms with van der Waals surface area (Å²) in [7, 11) is 3.65. The lowest BCUT2D eigenvalue weighted by molar-refractivity contribution is 0.124. The van der Waals surface area contributed by atoms with Crippen LogP contribution in [0.4, 0.5) is 0 Å². The monoisotopic (exact) mass is 386 g/mol. The molecule has 5 heteroatoms. The maximum Gasteiger partial charge on any atom is 0.500 e. The van der Waals surface area contributed by atoms with Crippen LogP contribution < -0.4 is 0 Å². The Morgan fingerprint density at radius 3 is 1.65 bits per heavy atom. The van der Waals surface area contributed by atoms with E-state index in [1.54, 1.807) is 21.3 Å². The zero-order valence-electron chi connectivity index (χ0n) is 16.2. The van der Waals surface area contributed by atoms with Crippen molar-refractivity contribution in [2.24, 2.45) is 0 Å². The van der Waals surface area contributed by atoms with E-state index < -0.39 is 8.80 Å². The van der Waals surface area contributed by atoms with E-state index >= 15 is 0 Å². The van der Waals surface area contributed by atoms with Crippen molar-refractivity contribution in [3.63, 3.8) is 0 Å². The van der Waals surface area contributed by atoms with Crippen molar-refractivity contribution in [3.8, 4) is 0 Å². The van der Waals surface area contributed by atoms with Gasteiger partial charge in [-0.1, -0.05) is 78.9 Å². The van der Waals surface area contributed by atoms with Gasteiger partial charge in [0.05, 0.1) is 0 Å². The molecule has 0 unspecified atom stereocenters. The molecule has 0 amide bonds. The summed E-state index contributed by atoms with van der Waals surface area (Å²) in [6.07, 6.45) is 7.25. The first-order chi connectivity index (χ1) is 12.7. The van der Waals surface area contributed by atoms with E-state index in [0.717, 1.165) is 22.7 Å². The van der Waals surface area contributed by atoms with Gasteiger partial charge in [-0.3, -0.25) is 0 Å². The predicted molar refractivity (Wildman–Crippen MR) is 117 cm³/mol. The summed E-state index contributed by atoms with van der Waals surface area (Å²) in [6, 6.07) is 21.3. The zero-order chi connectivity index (χ0) is 19.1. The molecule has 0 bridgehead atoms. The quantitative estimate of drug-likeness (QED) is 0.642. The molecule has 0 aliphatic rings. The van der Waals surface area contributed by atoms with Crippen LogP contribution in [0.3, 0.4) is 0 Å². The van der Waals surface area contributed by atoms with Gasteiger partial charge in [0.25, 0.3) is 0 Å². The Morgan fingerprint density at radius 2 is 1.23 bits per heavy atom. The molecule has 140 valence electrons. The molecule has 0 atom stereocenters. The van der Waals surface area contributed by atoms with Crippen molar-refractivity contribution in [2.75, 3.05) is 21.3 Å². The fourth-order valence-corrected chi connectivity index (χ4v) is 4.37.